The van der Waals surface area contributed by atoms with Gasteiger partial charge in [-0.1, -0.05) is 43.2 Å². The van der Waals surface area contributed by atoms with Crippen molar-refractivity contribution in [1.82, 2.24) is 9.29 Å². The number of nitriles is 1. The third-order valence-corrected chi connectivity index (χ3v) is 9.20. The van der Waals surface area contributed by atoms with Crippen molar-refractivity contribution in [1.29, 1.82) is 5.26 Å². The highest BCUT2D eigenvalue weighted by Crippen LogP contribution is 2.32. The topological polar surface area (TPSA) is 90.4 Å². The lowest BCUT2D eigenvalue weighted by Crippen LogP contribution is -2.34. The molecule has 0 spiro atoms. The first kappa shape index (κ1) is 24.5. The van der Waals surface area contributed by atoms with E-state index in [2.05, 4.69) is 40.2 Å². The van der Waals surface area contributed by atoms with E-state index in [4.69, 9.17) is 4.42 Å². The number of anilines is 1. The number of piperidine rings is 1. The second-order valence-electron chi connectivity index (χ2n) is 9.75. The molecule has 0 bridgehead atoms. The zero-order valence-corrected chi connectivity index (χ0v) is 21.3. The highest BCUT2D eigenvalue weighted by atomic mass is 32.2. The summed E-state index contributed by atoms with van der Waals surface area (Å²) in [7, 11) is -3.52. The van der Waals surface area contributed by atoms with Crippen LogP contribution in [-0.2, 0) is 16.4 Å². The molecular formula is C28H32N4O3S. The van der Waals surface area contributed by atoms with E-state index < -0.39 is 10.0 Å². The first-order chi connectivity index (χ1) is 17.5. The van der Waals surface area contributed by atoms with Crippen LogP contribution in [0.15, 0.2) is 63.9 Å². The Balaban J connectivity index is 1.28. The first-order valence-electron chi connectivity index (χ1n) is 12.8. The average molecular weight is 505 g/mol. The Labute approximate surface area is 213 Å². The van der Waals surface area contributed by atoms with Gasteiger partial charge in [0.1, 0.15) is 6.07 Å². The summed E-state index contributed by atoms with van der Waals surface area (Å²) in [5.74, 6) is 1.45. The summed E-state index contributed by atoms with van der Waals surface area (Å²) in [5.41, 5.74) is 2.29. The van der Waals surface area contributed by atoms with Crippen molar-refractivity contribution >= 4 is 15.9 Å². The second kappa shape index (κ2) is 10.9. The van der Waals surface area contributed by atoms with Crippen LogP contribution in [0.25, 0.3) is 11.5 Å². The first-order valence-corrected chi connectivity index (χ1v) is 14.3. The van der Waals surface area contributed by atoms with E-state index in [0.717, 1.165) is 58.0 Å². The van der Waals surface area contributed by atoms with Gasteiger partial charge in [-0.25, -0.2) is 8.42 Å². The molecule has 0 radical (unpaired) electrons. The number of rotatable bonds is 6. The molecule has 188 valence electrons. The molecule has 2 aliphatic heterocycles. The van der Waals surface area contributed by atoms with Gasteiger partial charge in [0.2, 0.25) is 27.5 Å². The van der Waals surface area contributed by atoms with Crippen molar-refractivity contribution < 1.29 is 12.8 Å². The molecule has 2 aromatic carbocycles. The Morgan fingerprint density at radius 3 is 2.22 bits per heavy atom. The average Bonchev–Trinajstić information content (AvgIpc) is 3.15. The molecule has 8 heteroatoms. The summed E-state index contributed by atoms with van der Waals surface area (Å²) in [4.78, 5) is 6.81. The fraction of sp³-hybridized carbons (Fsp3) is 0.429. The summed E-state index contributed by atoms with van der Waals surface area (Å²) in [6.07, 6.45) is 7.06. The number of aromatic nitrogens is 1. The summed E-state index contributed by atoms with van der Waals surface area (Å²) < 4.78 is 33.8. The number of nitrogens with zero attached hydrogens (tertiary/aromatic N) is 4. The van der Waals surface area contributed by atoms with E-state index in [1.165, 1.54) is 5.56 Å². The molecule has 3 heterocycles. The van der Waals surface area contributed by atoms with Crippen molar-refractivity contribution in [2.24, 2.45) is 5.92 Å². The van der Waals surface area contributed by atoms with E-state index in [-0.39, 0.29) is 10.6 Å². The molecule has 2 fully saturated rings. The smallest absolute Gasteiger partial charge is 0.243 e. The van der Waals surface area contributed by atoms with Gasteiger partial charge in [0.25, 0.3) is 0 Å². The monoisotopic (exact) mass is 504 g/mol. The maximum absolute atomic E-state index is 13.1. The molecule has 0 aliphatic carbocycles. The third kappa shape index (κ3) is 5.32. The summed E-state index contributed by atoms with van der Waals surface area (Å²) in [6, 6.07) is 19.4. The number of hydrogen-bond acceptors (Lipinski definition) is 6. The second-order valence-corrected chi connectivity index (χ2v) is 11.7. The van der Waals surface area contributed by atoms with Gasteiger partial charge in [0, 0.05) is 31.7 Å². The Kier molecular flexibility index (Phi) is 7.40. The maximum Gasteiger partial charge on any atom is 0.243 e. The van der Waals surface area contributed by atoms with Gasteiger partial charge in [0.05, 0.1) is 4.90 Å². The van der Waals surface area contributed by atoms with Gasteiger partial charge in [-0.05, 0) is 67.9 Å². The minimum atomic E-state index is -3.52. The number of hydrogen-bond donors (Lipinski definition) is 0. The van der Waals surface area contributed by atoms with Gasteiger partial charge in [0.15, 0.2) is 0 Å². The lowest BCUT2D eigenvalue weighted by Gasteiger charge is -2.31. The number of sulfonamides is 1. The highest BCUT2D eigenvalue weighted by Gasteiger charge is 2.27. The zero-order valence-electron chi connectivity index (χ0n) is 20.5. The van der Waals surface area contributed by atoms with Gasteiger partial charge in [-0.2, -0.15) is 14.6 Å². The minimum absolute atomic E-state index is 0.271. The Bertz CT molecular complexity index is 1300. The van der Waals surface area contributed by atoms with Crippen LogP contribution in [0.1, 0.15) is 49.8 Å². The normalized spacial score (nSPS) is 18.0. The van der Waals surface area contributed by atoms with E-state index in [1.54, 1.807) is 28.6 Å². The van der Waals surface area contributed by atoms with Gasteiger partial charge in [-0.15, -0.1) is 0 Å². The molecular weight excluding hydrogens is 472 g/mol. The number of oxazole rings is 1. The molecule has 1 aromatic heterocycles. The highest BCUT2D eigenvalue weighted by molar-refractivity contribution is 7.89. The summed E-state index contributed by atoms with van der Waals surface area (Å²) in [6.45, 7) is 2.77. The molecule has 3 aromatic rings. The van der Waals surface area contributed by atoms with Crippen LogP contribution >= 0.6 is 0 Å². The van der Waals surface area contributed by atoms with Gasteiger partial charge >= 0.3 is 0 Å². The third-order valence-electron chi connectivity index (χ3n) is 7.29. The molecule has 5 rings (SSSR count). The van der Waals surface area contributed by atoms with Crippen molar-refractivity contribution in [3.63, 3.8) is 0 Å². The Morgan fingerprint density at radius 2 is 1.58 bits per heavy atom. The van der Waals surface area contributed by atoms with E-state index >= 15 is 0 Å². The predicted molar refractivity (Wildman–Crippen MR) is 139 cm³/mol. The fourth-order valence-corrected chi connectivity index (χ4v) is 6.73. The van der Waals surface area contributed by atoms with Crippen molar-refractivity contribution in [2.45, 2.75) is 49.8 Å². The van der Waals surface area contributed by atoms with E-state index in [9.17, 15) is 13.7 Å². The van der Waals surface area contributed by atoms with Crippen LogP contribution in [0.5, 0.6) is 0 Å². The van der Waals surface area contributed by atoms with Crippen LogP contribution in [-0.4, -0.2) is 43.9 Å². The molecule has 0 N–H and O–H groups in total. The van der Waals surface area contributed by atoms with Crippen LogP contribution in [0.2, 0.25) is 0 Å². The molecule has 36 heavy (non-hydrogen) atoms. The Morgan fingerprint density at radius 1 is 0.917 bits per heavy atom. The van der Waals surface area contributed by atoms with Crippen molar-refractivity contribution in [3.05, 3.63) is 65.9 Å². The van der Waals surface area contributed by atoms with Gasteiger partial charge in [-0.3, -0.25) is 0 Å². The number of benzene rings is 2. The summed E-state index contributed by atoms with van der Waals surface area (Å²) >= 11 is 0. The largest absolute Gasteiger partial charge is 0.419 e. The quantitative estimate of drug-likeness (QED) is 0.456. The zero-order chi connectivity index (χ0) is 25.0. The Hall–Kier alpha value is -3.15. The van der Waals surface area contributed by atoms with Crippen LogP contribution < -0.4 is 4.90 Å². The lowest BCUT2D eigenvalue weighted by atomic mass is 9.90. The molecule has 2 aliphatic rings. The molecule has 0 saturated carbocycles. The van der Waals surface area contributed by atoms with Crippen LogP contribution in [0.3, 0.4) is 0 Å². The molecule has 0 amide bonds. The maximum atomic E-state index is 13.1. The fourth-order valence-electron chi connectivity index (χ4n) is 5.21. The van der Waals surface area contributed by atoms with Gasteiger partial charge < -0.3 is 9.32 Å². The van der Waals surface area contributed by atoms with Crippen LogP contribution in [0, 0.1) is 17.2 Å². The standard InChI is InChI=1S/C28H32N4O3S/c29-21-26-28(31-18-14-23(15-19-31)20-22-8-4-3-5-9-22)35-27(30-26)24-10-12-25(13-11-24)36(33,34)32-16-6-1-2-7-17-32/h3-5,8-13,23H,1-2,6-7,14-20H2. The molecule has 7 nitrogen and oxygen atoms in total. The predicted octanol–water partition coefficient (Wildman–Crippen LogP) is 5.24. The van der Waals surface area contributed by atoms with Crippen LogP contribution in [0.4, 0.5) is 5.88 Å². The lowest BCUT2D eigenvalue weighted by molar-refractivity contribution is 0.389. The molecule has 0 atom stereocenters. The minimum Gasteiger partial charge on any atom is -0.419 e. The van der Waals surface area contributed by atoms with Crippen molar-refractivity contribution in [3.8, 4) is 17.5 Å². The SMILES string of the molecule is N#Cc1nc(-c2ccc(S(=O)(=O)N3CCCCCC3)cc2)oc1N1CCC(Cc2ccccc2)CC1. The molecule has 0 unspecified atom stereocenters. The van der Waals surface area contributed by atoms with Crippen molar-refractivity contribution in [2.75, 3.05) is 31.1 Å². The molecule has 2 saturated heterocycles. The van der Waals surface area contributed by atoms with E-state index in [1.807, 2.05) is 6.07 Å². The summed E-state index contributed by atoms with van der Waals surface area (Å²) in [5, 5.41) is 9.69. The van der Waals surface area contributed by atoms with E-state index in [0.29, 0.717) is 36.3 Å².